The third kappa shape index (κ3) is 4.45. The van der Waals surface area contributed by atoms with Gasteiger partial charge in [0.05, 0.1) is 18.7 Å². The Balaban J connectivity index is 2.09. The minimum Gasteiger partial charge on any atom is -0.462 e. The molecule has 0 bridgehead atoms. The Morgan fingerprint density at radius 2 is 1.71 bits per heavy atom. The normalized spacial score (nSPS) is 9.92. The van der Waals surface area contributed by atoms with Crippen LogP contribution in [0.4, 0.5) is 5.82 Å². The molecule has 126 valence electrons. The third-order valence-electron chi connectivity index (χ3n) is 3.01. The van der Waals surface area contributed by atoms with E-state index in [9.17, 15) is 9.59 Å². The Morgan fingerprint density at radius 1 is 1.04 bits per heavy atom. The largest absolute Gasteiger partial charge is 0.462 e. The van der Waals surface area contributed by atoms with Crippen molar-refractivity contribution in [2.24, 2.45) is 0 Å². The summed E-state index contributed by atoms with van der Waals surface area (Å²) in [7, 11) is 0. The zero-order valence-electron chi connectivity index (χ0n) is 13.5. The highest BCUT2D eigenvalue weighted by molar-refractivity contribution is 6.13. The van der Waals surface area contributed by atoms with Crippen LogP contribution < -0.4 is 10.9 Å². The van der Waals surface area contributed by atoms with E-state index in [-0.39, 0.29) is 18.8 Å². The molecule has 0 radical (unpaired) electrons. The predicted molar refractivity (Wildman–Crippen MR) is 89.9 cm³/mol. The monoisotopic (exact) mass is 329 g/mol. The van der Waals surface area contributed by atoms with Gasteiger partial charge in [-0.25, -0.2) is 14.6 Å². The maximum absolute atomic E-state index is 11.8. The summed E-state index contributed by atoms with van der Waals surface area (Å²) in [6, 6.07) is 11.4. The van der Waals surface area contributed by atoms with Crippen LogP contribution in [0.25, 0.3) is 10.9 Å². The molecule has 1 aromatic carbocycles. The summed E-state index contributed by atoms with van der Waals surface area (Å²) in [6.07, 6.45) is 1.20. The van der Waals surface area contributed by atoms with E-state index in [2.05, 4.69) is 15.8 Å². The second-order valence-corrected chi connectivity index (χ2v) is 4.66. The van der Waals surface area contributed by atoms with Crippen LogP contribution in [0.5, 0.6) is 0 Å². The fourth-order valence-corrected chi connectivity index (χ4v) is 1.94. The molecular formula is C17H19N3O4. The number of carbonyl (C=O) groups excluding carboxylic acids is 2. The second kappa shape index (κ2) is 8.52. The van der Waals surface area contributed by atoms with E-state index < -0.39 is 11.9 Å². The number of ether oxygens (including phenoxy) is 2. The van der Waals surface area contributed by atoms with Crippen LogP contribution in [0, 0.1) is 0 Å². The van der Waals surface area contributed by atoms with E-state index in [4.69, 9.17) is 9.47 Å². The summed E-state index contributed by atoms with van der Waals surface area (Å²) in [5.74, 6) is -0.967. The molecule has 0 spiro atoms. The first kappa shape index (κ1) is 17.3. The van der Waals surface area contributed by atoms with Gasteiger partial charge >= 0.3 is 11.9 Å². The van der Waals surface area contributed by atoms with E-state index >= 15 is 0 Å². The number of fused-ring (bicyclic) bond motifs is 1. The first-order chi connectivity index (χ1) is 11.7. The number of anilines is 1. The van der Waals surface area contributed by atoms with Gasteiger partial charge in [0.1, 0.15) is 5.82 Å². The molecule has 7 nitrogen and oxygen atoms in total. The van der Waals surface area contributed by atoms with Crippen LogP contribution in [0.3, 0.4) is 0 Å². The summed E-state index contributed by atoms with van der Waals surface area (Å²) < 4.78 is 9.68. The van der Waals surface area contributed by atoms with Gasteiger partial charge in [-0.05, 0) is 32.0 Å². The molecule has 1 aromatic heterocycles. The number of pyridine rings is 1. The summed E-state index contributed by atoms with van der Waals surface area (Å²) in [6.45, 7) is 3.64. The molecule has 0 amide bonds. The number of aromatic nitrogens is 1. The Kier molecular flexibility index (Phi) is 6.13. The van der Waals surface area contributed by atoms with Crippen molar-refractivity contribution in [3.63, 3.8) is 0 Å². The second-order valence-electron chi connectivity index (χ2n) is 4.66. The van der Waals surface area contributed by atoms with Crippen LogP contribution in [0.15, 0.2) is 48.2 Å². The van der Waals surface area contributed by atoms with Crippen molar-refractivity contribution in [2.75, 3.05) is 18.6 Å². The maximum Gasteiger partial charge on any atom is 0.347 e. The van der Waals surface area contributed by atoms with E-state index in [0.717, 1.165) is 10.9 Å². The van der Waals surface area contributed by atoms with E-state index in [0.29, 0.717) is 5.82 Å². The SMILES string of the molecule is CCOC(=O)C(=CNNc1ccc2ccccc2n1)C(=O)OCC. The zero-order valence-corrected chi connectivity index (χ0v) is 13.5. The number of rotatable bonds is 7. The lowest BCUT2D eigenvalue weighted by Crippen LogP contribution is -2.24. The van der Waals surface area contributed by atoms with Crippen LogP contribution in [0.2, 0.25) is 0 Å². The van der Waals surface area contributed by atoms with Gasteiger partial charge in [0.15, 0.2) is 5.57 Å². The van der Waals surface area contributed by atoms with Crippen LogP contribution in [0.1, 0.15) is 13.8 Å². The molecule has 0 aliphatic heterocycles. The molecule has 24 heavy (non-hydrogen) atoms. The minimum absolute atomic E-state index is 0.162. The van der Waals surface area contributed by atoms with Gasteiger partial charge < -0.3 is 14.9 Å². The molecule has 2 rings (SSSR count). The molecule has 0 saturated carbocycles. The number of hydrazine groups is 1. The van der Waals surface area contributed by atoms with Crippen molar-refractivity contribution in [1.29, 1.82) is 0 Å². The van der Waals surface area contributed by atoms with E-state index in [1.165, 1.54) is 6.20 Å². The lowest BCUT2D eigenvalue weighted by atomic mass is 10.2. The number of esters is 2. The molecular weight excluding hydrogens is 310 g/mol. The molecule has 7 heteroatoms. The highest BCUT2D eigenvalue weighted by atomic mass is 16.6. The lowest BCUT2D eigenvalue weighted by Gasteiger charge is -2.09. The Hall–Kier alpha value is -3.09. The molecule has 0 atom stereocenters. The Morgan fingerprint density at radius 3 is 2.38 bits per heavy atom. The van der Waals surface area contributed by atoms with Crippen LogP contribution in [-0.2, 0) is 19.1 Å². The number of hydrogen-bond donors (Lipinski definition) is 2. The quantitative estimate of drug-likeness (QED) is 0.264. The van der Waals surface area contributed by atoms with Crippen molar-refractivity contribution in [2.45, 2.75) is 13.8 Å². The van der Waals surface area contributed by atoms with Crippen LogP contribution in [-0.4, -0.2) is 30.1 Å². The van der Waals surface area contributed by atoms with Crippen molar-refractivity contribution in [3.05, 3.63) is 48.2 Å². The third-order valence-corrected chi connectivity index (χ3v) is 3.01. The van der Waals surface area contributed by atoms with Crippen LogP contribution >= 0.6 is 0 Å². The molecule has 0 unspecified atom stereocenters. The molecule has 2 N–H and O–H groups in total. The van der Waals surface area contributed by atoms with Gasteiger partial charge in [0.25, 0.3) is 0 Å². The highest BCUT2D eigenvalue weighted by Crippen LogP contribution is 2.13. The van der Waals surface area contributed by atoms with Gasteiger partial charge in [0.2, 0.25) is 0 Å². The van der Waals surface area contributed by atoms with Gasteiger partial charge in [-0.15, -0.1) is 0 Å². The number of carbonyl (C=O) groups is 2. The number of hydrogen-bond acceptors (Lipinski definition) is 7. The molecule has 1 heterocycles. The number of nitrogens with zero attached hydrogens (tertiary/aromatic N) is 1. The number of para-hydroxylation sites is 1. The fraction of sp³-hybridized carbons (Fsp3) is 0.235. The first-order valence-electron chi connectivity index (χ1n) is 7.57. The summed E-state index contributed by atoms with van der Waals surface area (Å²) in [5, 5.41) is 1.01. The zero-order chi connectivity index (χ0) is 17.4. The molecule has 0 aliphatic carbocycles. The van der Waals surface area contributed by atoms with Gasteiger partial charge in [-0.3, -0.25) is 5.43 Å². The number of benzene rings is 1. The average molecular weight is 329 g/mol. The molecule has 0 aliphatic rings. The topological polar surface area (TPSA) is 89.5 Å². The van der Waals surface area contributed by atoms with Crippen molar-refractivity contribution in [1.82, 2.24) is 10.4 Å². The van der Waals surface area contributed by atoms with Crippen molar-refractivity contribution < 1.29 is 19.1 Å². The van der Waals surface area contributed by atoms with Gasteiger partial charge in [-0.1, -0.05) is 18.2 Å². The van der Waals surface area contributed by atoms with Gasteiger partial charge in [-0.2, -0.15) is 0 Å². The highest BCUT2D eigenvalue weighted by Gasteiger charge is 2.20. The standard InChI is InChI=1S/C17H19N3O4/c1-3-23-16(21)13(17(22)24-4-2)11-18-20-15-10-9-12-7-5-6-8-14(12)19-15/h5-11,18H,3-4H2,1-2H3,(H,19,20). The average Bonchev–Trinajstić information content (AvgIpc) is 2.59. The Bertz CT molecular complexity index is 738. The van der Waals surface area contributed by atoms with E-state index in [1.807, 2.05) is 30.3 Å². The predicted octanol–water partition coefficient (Wildman–Crippen LogP) is 2.16. The minimum atomic E-state index is -0.753. The van der Waals surface area contributed by atoms with Crippen molar-refractivity contribution >= 4 is 28.7 Å². The summed E-state index contributed by atoms with van der Waals surface area (Å²) in [5.41, 5.74) is 6.07. The fourth-order valence-electron chi connectivity index (χ4n) is 1.94. The number of nitrogens with one attached hydrogen (secondary N) is 2. The maximum atomic E-state index is 11.8. The smallest absolute Gasteiger partial charge is 0.347 e. The first-order valence-corrected chi connectivity index (χ1v) is 7.57. The molecule has 0 fully saturated rings. The Labute approximate surface area is 139 Å². The molecule has 0 saturated heterocycles. The molecule has 2 aromatic rings. The lowest BCUT2D eigenvalue weighted by molar-refractivity contribution is -0.146. The summed E-state index contributed by atoms with van der Waals surface area (Å²) >= 11 is 0. The van der Waals surface area contributed by atoms with E-state index in [1.54, 1.807) is 19.9 Å². The summed E-state index contributed by atoms with van der Waals surface area (Å²) in [4.78, 5) is 28.0. The van der Waals surface area contributed by atoms with Gasteiger partial charge in [0, 0.05) is 11.6 Å². The van der Waals surface area contributed by atoms with Crippen molar-refractivity contribution in [3.8, 4) is 0 Å².